The van der Waals surface area contributed by atoms with Gasteiger partial charge in [0.25, 0.3) is 0 Å². The number of nitrogens with one attached hydrogen (secondary N) is 1. The summed E-state index contributed by atoms with van der Waals surface area (Å²) in [5.41, 5.74) is 0. The van der Waals surface area contributed by atoms with Crippen LogP contribution in [0.5, 0.6) is 0 Å². The number of aliphatic hydroxyl groups is 4. The molecule has 0 aromatic rings. The molecule has 7 nitrogen and oxygen atoms in total. The Morgan fingerprint density at radius 3 is 2.20 bits per heavy atom. The van der Waals surface area contributed by atoms with Gasteiger partial charge in [0.1, 0.15) is 30.6 Å². The molecule has 5 N–H and O–H groups in total. The second-order valence-electron chi connectivity index (χ2n) is 3.09. The minimum absolute atomic E-state index is 0.235. The summed E-state index contributed by atoms with van der Waals surface area (Å²) in [6.45, 7) is 0.377. The Morgan fingerprint density at radius 1 is 1.33 bits per heavy atom. The fourth-order valence-corrected chi connectivity index (χ4v) is 0.983. The number of rotatable bonds is 6. The lowest BCUT2D eigenvalue weighted by molar-refractivity contribution is -0.129. The van der Waals surface area contributed by atoms with E-state index in [-0.39, 0.29) is 6.29 Å². The van der Waals surface area contributed by atoms with Gasteiger partial charge in [-0.25, -0.2) is 0 Å². The zero-order valence-electron chi connectivity index (χ0n) is 8.20. The van der Waals surface area contributed by atoms with Crippen LogP contribution in [0, 0.1) is 0 Å². The second-order valence-corrected chi connectivity index (χ2v) is 3.09. The highest BCUT2D eigenvalue weighted by Crippen LogP contribution is 2.03. The summed E-state index contributed by atoms with van der Waals surface area (Å²) < 4.78 is 0. The Kier molecular flexibility index (Phi) is 6.02. The molecule has 0 heterocycles. The molecule has 0 aliphatic rings. The molecule has 0 aromatic heterocycles. The highest BCUT2D eigenvalue weighted by atomic mass is 16.4. The third-order valence-corrected chi connectivity index (χ3v) is 1.82. The number of aldehydes is 1. The van der Waals surface area contributed by atoms with Crippen LogP contribution in [-0.4, -0.2) is 63.6 Å². The van der Waals surface area contributed by atoms with Crippen molar-refractivity contribution in [3.05, 3.63) is 0 Å². The van der Waals surface area contributed by atoms with Gasteiger partial charge in [0, 0.05) is 6.92 Å². The zero-order chi connectivity index (χ0) is 12.0. The molecule has 4 atom stereocenters. The van der Waals surface area contributed by atoms with E-state index >= 15 is 0 Å². The molecule has 15 heavy (non-hydrogen) atoms. The van der Waals surface area contributed by atoms with Crippen LogP contribution < -0.4 is 5.32 Å². The van der Waals surface area contributed by atoms with Crippen molar-refractivity contribution in [1.82, 2.24) is 5.32 Å². The second kappa shape index (κ2) is 6.46. The van der Waals surface area contributed by atoms with Gasteiger partial charge in [-0.15, -0.1) is 0 Å². The van der Waals surface area contributed by atoms with Crippen LogP contribution in [0.25, 0.3) is 0 Å². The van der Waals surface area contributed by atoms with Crippen molar-refractivity contribution in [1.29, 1.82) is 0 Å². The van der Waals surface area contributed by atoms with E-state index in [1.165, 1.54) is 0 Å². The monoisotopic (exact) mass is 222 g/mol. The number of amides is 1. The van der Waals surface area contributed by atoms with E-state index < -0.39 is 36.9 Å². The average Bonchev–Trinajstić information content (AvgIpc) is 2.22. The first kappa shape index (κ1) is 14.0. The van der Waals surface area contributed by atoms with Crippen molar-refractivity contribution in [3.8, 4) is 0 Å². The molecule has 0 saturated carbocycles. The Balaban J connectivity index is 4.42. The van der Waals surface area contributed by atoms with E-state index in [4.69, 9.17) is 10.2 Å². The first-order chi connectivity index (χ1) is 6.93. The van der Waals surface area contributed by atoms with Crippen LogP contribution in [0.4, 0.5) is 0 Å². The lowest BCUT2D eigenvalue weighted by Gasteiger charge is -2.25. The minimum Gasteiger partial charge on any atom is -0.394 e. The molecule has 88 valence electrons. The Morgan fingerprint density at radius 2 is 1.87 bits per heavy atom. The van der Waals surface area contributed by atoms with Crippen LogP contribution in [0.15, 0.2) is 0 Å². The normalized spacial score (nSPS) is 18.7. The molecule has 0 rings (SSSR count). The van der Waals surface area contributed by atoms with Gasteiger partial charge >= 0.3 is 0 Å². The molecule has 0 aliphatic carbocycles. The number of carbonyl (C=O) groups excluding carboxylic acids is 2. The maximum absolute atomic E-state index is 10.6. The van der Waals surface area contributed by atoms with Gasteiger partial charge in [0.15, 0.2) is 0 Å². The van der Waals surface area contributed by atoms with Gasteiger partial charge < -0.3 is 30.5 Å². The summed E-state index contributed by atoms with van der Waals surface area (Å²) >= 11 is 0. The Hall–Kier alpha value is -1.02. The van der Waals surface area contributed by atoms with Crippen molar-refractivity contribution < 1.29 is 30.0 Å². The van der Waals surface area contributed by atoms with Crippen LogP contribution in [0.1, 0.15) is 6.92 Å². The standard InChI is InChI=1S/C8H15NO6/c1-4(12)9-5(2-10)7(14)8(15)6(13)3-11/h2,5-8,11,13-15H,3H2,1H3,(H,9,12)/t5-,6+,7+,8+/m0/s1/i2+1. The molecular weight excluding hydrogens is 207 g/mol. The summed E-state index contributed by atoms with van der Waals surface area (Å²) in [5.74, 6) is -0.558. The highest BCUT2D eigenvalue weighted by molar-refractivity contribution is 5.77. The van der Waals surface area contributed by atoms with Crippen LogP contribution in [0.3, 0.4) is 0 Å². The van der Waals surface area contributed by atoms with Gasteiger partial charge in [0.2, 0.25) is 5.91 Å². The number of hydrogen-bond acceptors (Lipinski definition) is 6. The molecule has 0 fully saturated rings. The van der Waals surface area contributed by atoms with E-state index in [0.29, 0.717) is 0 Å². The van der Waals surface area contributed by atoms with E-state index in [1.807, 2.05) is 0 Å². The van der Waals surface area contributed by atoms with E-state index in [2.05, 4.69) is 5.32 Å². The third kappa shape index (κ3) is 4.34. The molecular formula is C8H15NO6. The predicted molar refractivity (Wildman–Crippen MR) is 48.8 cm³/mol. The fourth-order valence-electron chi connectivity index (χ4n) is 0.983. The molecule has 0 aliphatic heterocycles. The fraction of sp³-hybridized carbons (Fsp3) is 0.750. The van der Waals surface area contributed by atoms with E-state index in [1.54, 1.807) is 0 Å². The predicted octanol–water partition coefficient (Wildman–Crippen LogP) is -3.23. The Bertz CT molecular complexity index is 221. The Labute approximate surface area is 86.3 Å². The number of aliphatic hydroxyl groups excluding tert-OH is 4. The maximum atomic E-state index is 10.6. The number of hydrogen-bond donors (Lipinski definition) is 5. The maximum Gasteiger partial charge on any atom is 0.217 e. The van der Waals surface area contributed by atoms with Crippen molar-refractivity contribution in [2.75, 3.05) is 6.61 Å². The van der Waals surface area contributed by atoms with Crippen molar-refractivity contribution in [3.63, 3.8) is 0 Å². The van der Waals surface area contributed by atoms with Crippen LogP contribution >= 0.6 is 0 Å². The number of carbonyl (C=O) groups is 2. The van der Waals surface area contributed by atoms with Gasteiger partial charge in [0.05, 0.1) is 6.61 Å². The molecule has 7 heteroatoms. The lowest BCUT2D eigenvalue weighted by atomic mass is 10.1. The molecule has 0 bridgehead atoms. The first-order valence-corrected chi connectivity index (χ1v) is 4.31. The smallest absolute Gasteiger partial charge is 0.217 e. The molecule has 0 saturated heterocycles. The van der Waals surface area contributed by atoms with Crippen molar-refractivity contribution in [2.45, 2.75) is 31.3 Å². The van der Waals surface area contributed by atoms with E-state index in [9.17, 15) is 19.8 Å². The highest BCUT2D eigenvalue weighted by Gasteiger charge is 2.31. The molecule has 1 amide bonds. The van der Waals surface area contributed by atoms with Crippen molar-refractivity contribution in [2.24, 2.45) is 0 Å². The summed E-state index contributed by atoms with van der Waals surface area (Å²) in [6.07, 6.45) is -4.72. The van der Waals surface area contributed by atoms with Gasteiger partial charge in [-0.2, -0.15) is 0 Å². The van der Waals surface area contributed by atoms with E-state index in [0.717, 1.165) is 6.92 Å². The summed E-state index contributed by atoms with van der Waals surface area (Å²) in [4.78, 5) is 21.1. The summed E-state index contributed by atoms with van der Waals surface area (Å²) in [5, 5.41) is 38.2. The SMILES string of the molecule is CC(=O)N[C@@H]([13CH]=O)[C@@H](O)[C@H](O)[C@H](O)CO. The first-order valence-electron chi connectivity index (χ1n) is 4.31. The van der Waals surface area contributed by atoms with Crippen molar-refractivity contribution >= 4 is 12.2 Å². The van der Waals surface area contributed by atoms with Crippen LogP contribution in [0.2, 0.25) is 0 Å². The average molecular weight is 222 g/mol. The van der Waals surface area contributed by atoms with Gasteiger partial charge in [-0.3, -0.25) is 4.79 Å². The topological polar surface area (TPSA) is 127 Å². The molecule has 0 unspecified atom stereocenters. The third-order valence-electron chi connectivity index (χ3n) is 1.82. The molecule has 0 radical (unpaired) electrons. The summed E-state index contributed by atoms with van der Waals surface area (Å²) in [7, 11) is 0. The van der Waals surface area contributed by atoms with Gasteiger partial charge in [-0.05, 0) is 0 Å². The van der Waals surface area contributed by atoms with Gasteiger partial charge in [-0.1, -0.05) is 0 Å². The van der Waals surface area contributed by atoms with Crippen LogP contribution in [-0.2, 0) is 9.59 Å². The molecule has 0 aromatic carbocycles. The lowest BCUT2D eigenvalue weighted by Crippen LogP contribution is -2.53. The molecule has 0 spiro atoms. The quantitative estimate of drug-likeness (QED) is 0.237. The zero-order valence-corrected chi connectivity index (χ0v) is 8.20. The summed E-state index contributed by atoms with van der Waals surface area (Å²) in [6, 6.07) is -1.32. The minimum atomic E-state index is -1.71. The largest absolute Gasteiger partial charge is 0.394 e.